The topological polar surface area (TPSA) is 75.7 Å². The van der Waals surface area contributed by atoms with E-state index in [4.69, 9.17) is 4.98 Å². The van der Waals surface area contributed by atoms with Gasteiger partial charge in [0, 0.05) is 50.8 Å². The highest BCUT2D eigenvalue weighted by Gasteiger charge is 2.26. The molecular formula is C24H22N6O2. The van der Waals surface area contributed by atoms with E-state index < -0.39 is 0 Å². The molecule has 0 saturated carbocycles. The summed E-state index contributed by atoms with van der Waals surface area (Å²) in [6.45, 7) is 2.10. The van der Waals surface area contributed by atoms with Crippen LogP contribution in [0.25, 0.3) is 5.65 Å². The number of carbonyl (C=O) groups excluding carboxylic acids is 1. The van der Waals surface area contributed by atoms with E-state index in [0.29, 0.717) is 24.3 Å². The van der Waals surface area contributed by atoms with Crippen molar-refractivity contribution in [3.63, 3.8) is 0 Å². The van der Waals surface area contributed by atoms with Crippen molar-refractivity contribution in [3.05, 3.63) is 87.6 Å². The van der Waals surface area contributed by atoms with Crippen LogP contribution in [0, 0.1) is 0 Å². The van der Waals surface area contributed by atoms with Gasteiger partial charge in [0.25, 0.3) is 5.91 Å². The molecule has 0 N–H and O–H groups in total. The van der Waals surface area contributed by atoms with Gasteiger partial charge in [-0.05, 0) is 41.7 Å². The number of amides is 1. The fourth-order valence-corrected chi connectivity index (χ4v) is 4.73. The smallest absolute Gasteiger partial charge is 0.330 e. The molecule has 3 aromatic heterocycles. The first-order valence-corrected chi connectivity index (χ1v) is 10.8. The molecule has 0 fully saturated rings. The predicted octanol–water partition coefficient (Wildman–Crippen LogP) is 2.67. The van der Waals surface area contributed by atoms with Crippen LogP contribution in [0.4, 0.5) is 11.5 Å². The highest BCUT2D eigenvalue weighted by Crippen LogP contribution is 2.33. The summed E-state index contributed by atoms with van der Waals surface area (Å²) in [5, 5.41) is 4.29. The first-order valence-electron chi connectivity index (χ1n) is 10.8. The number of rotatable bonds is 2. The van der Waals surface area contributed by atoms with E-state index >= 15 is 0 Å². The third-order valence-electron chi connectivity index (χ3n) is 6.37. The molecule has 6 rings (SSSR count). The van der Waals surface area contributed by atoms with Crippen LogP contribution in [0.15, 0.2) is 59.7 Å². The molecule has 5 heterocycles. The van der Waals surface area contributed by atoms with Crippen LogP contribution in [0.5, 0.6) is 0 Å². The molecule has 1 aromatic carbocycles. The van der Waals surface area contributed by atoms with Gasteiger partial charge in [-0.15, -0.1) is 0 Å². The Balaban J connectivity index is 1.31. The van der Waals surface area contributed by atoms with Crippen LogP contribution < -0.4 is 10.6 Å². The van der Waals surface area contributed by atoms with E-state index in [1.165, 1.54) is 20.2 Å². The molecule has 1 amide bonds. The lowest BCUT2D eigenvalue weighted by molar-refractivity contribution is 0.0751. The molecule has 0 spiro atoms. The largest absolute Gasteiger partial charge is 0.350 e. The van der Waals surface area contributed by atoms with Gasteiger partial charge in [0.15, 0.2) is 5.65 Å². The number of anilines is 2. The maximum Gasteiger partial charge on any atom is 0.350 e. The molecule has 0 aliphatic carbocycles. The zero-order chi connectivity index (χ0) is 21.8. The Morgan fingerprint density at radius 1 is 1.03 bits per heavy atom. The molecule has 0 unspecified atom stereocenters. The first-order chi connectivity index (χ1) is 15.6. The van der Waals surface area contributed by atoms with Crippen molar-refractivity contribution < 1.29 is 4.79 Å². The van der Waals surface area contributed by atoms with Gasteiger partial charge in [0.05, 0.1) is 5.56 Å². The quantitative estimate of drug-likeness (QED) is 0.493. The Morgan fingerprint density at radius 2 is 1.81 bits per heavy atom. The monoisotopic (exact) mass is 426 g/mol. The number of nitrogens with zero attached hydrogens (tertiary/aromatic N) is 6. The van der Waals surface area contributed by atoms with Gasteiger partial charge in [-0.3, -0.25) is 9.20 Å². The zero-order valence-electron chi connectivity index (χ0n) is 17.7. The minimum atomic E-state index is -0.170. The number of hydrogen-bond donors (Lipinski definition) is 0. The van der Waals surface area contributed by atoms with Gasteiger partial charge in [-0.1, -0.05) is 24.3 Å². The predicted molar refractivity (Wildman–Crippen MR) is 120 cm³/mol. The number of fused-ring (bicyclic) bond motifs is 3. The van der Waals surface area contributed by atoms with Crippen molar-refractivity contribution in [2.24, 2.45) is 7.05 Å². The molecule has 0 bridgehead atoms. The van der Waals surface area contributed by atoms with E-state index in [2.05, 4.69) is 22.1 Å². The summed E-state index contributed by atoms with van der Waals surface area (Å²) < 4.78 is 2.85. The number of carbonyl (C=O) groups is 1. The summed E-state index contributed by atoms with van der Waals surface area (Å²) >= 11 is 0. The SMILES string of the molecule is Cn1nc2cc(N3CCCc4cc(C(=O)N5Cc6ccccc6C5)cnc43)ccn2c1=O. The second-order valence-electron chi connectivity index (χ2n) is 8.41. The third-order valence-corrected chi connectivity index (χ3v) is 6.37. The second-order valence-corrected chi connectivity index (χ2v) is 8.41. The summed E-state index contributed by atoms with van der Waals surface area (Å²) in [5.41, 5.74) is 5.48. The zero-order valence-corrected chi connectivity index (χ0v) is 17.7. The van der Waals surface area contributed by atoms with Crippen molar-refractivity contribution in [3.8, 4) is 0 Å². The van der Waals surface area contributed by atoms with Crippen LogP contribution >= 0.6 is 0 Å². The fourth-order valence-electron chi connectivity index (χ4n) is 4.73. The average Bonchev–Trinajstić information content (AvgIpc) is 3.38. The number of hydrogen-bond acceptors (Lipinski definition) is 5. The third kappa shape index (κ3) is 2.90. The van der Waals surface area contributed by atoms with Gasteiger partial charge in [-0.2, -0.15) is 5.10 Å². The van der Waals surface area contributed by atoms with Crippen molar-refractivity contribution in [2.75, 3.05) is 11.4 Å². The van der Waals surface area contributed by atoms with E-state index in [9.17, 15) is 9.59 Å². The molecule has 2 aliphatic rings. The Labute approximate surface area is 184 Å². The maximum absolute atomic E-state index is 13.2. The van der Waals surface area contributed by atoms with E-state index in [0.717, 1.165) is 36.5 Å². The minimum absolute atomic E-state index is 0.0166. The lowest BCUT2D eigenvalue weighted by Gasteiger charge is -2.30. The summed E-state index contributed by atoms with van der Waals surface area (Å²) in [7, 11) is 1.64. The highest BCUT2D eigenvalue weighted by molar-refractivity contribution is 5.95. The number of aryl methyl sites for hydroxylation is 2. The van der Waals surface area contributed by atoms with Gasteiger partial charge < -0.3 is 9.80 Å². The normalized spacial score (nSPS) is 15.2. The molecule has 0 saturated heterocycles. The molecule has 32 heavy (non-hydrogen) atoms. The van der Waals surface area contributed by atoms with Gasteiger partial charge >= 0.3 is 5.69 Å². The molecule has 2 aliphatic heterocycles. The standard InChI is InChI=1S/C24H22N6O2/c1-27-24(32)30-10-8-20(12-21(30)26-27)29-9-4-7-16-11-19(13-25-22(16)29)23(31)28-14-17-5-2-3-6-18(17)15-28/h2-3,5-6,8,10-13H,4,7,9,14-15H2,1H3. The Kier molecular flexibility index (Phi) is 4.14. The number of aromatic nitrogens is 4. The van der Waals surface area contributed by atoms with Crippen molar-refractivity contribution in [1.82, 2.24) is 24.1 Å². The molecule has 0 atom stereocenters. The van der Waals surface area contributed by atoms with Crippen LogP contribution in [-0.2, 0) is 26.6 Å². The van der Waals surface area contributed by atoms with Crippen LogP contribution in [0.3, 0.4) is 0 Å². The summed E-state index contributed by atoms with van der Waals surface area (Å²) in [6.07, 6.45) is 5.27. The highest BCUT2D eigenvalue weighted by atomic mass is 16.2. The van der Waals surface area contributed by atoms with Gasteiger partial charge in [-0.25, -0.2) is 14.5 Å². The Bertz CT molecular complexity index is 1410. The molecule has 160 valence electrons. The van der Waals surface area contributed by atoms with E-state index in [1.54, 1.807) is 19.4 Å². The molecule has 4 aromatic rings. The van der Waals surface area contributed by atoms with Gasteiger partial charge in [0.1, 0.15) is 5.82 Å². The summed E-state index contributed by atoms with van der Waals surface area (Å²) in [4.78, 5) is 34.0. The second kappa shape index (κ2) is 7.05. The molecule has 0 radical (unpaired) electrons. The summed E-state index contributed by atoms with van der Waals surface area (Å²) in [5.74, 6) is 0.878. The molecule has 8 heteroatoms. The Hall–Kier alpha value is -3.94. The minimum Gasteiger partial charge on any atom is -0.330 e. The molecule has 8 nitrogen and oxygen atoms in total. The lowest BCUT2D eigenvalue weighted by Crippen LogP contribution is -2.28. The van der Waals surface area contributed by atoms with Crippen molar-refractivity contribution in [2.45, 2.75) is 25.9 Å². The van der Waals surface area contributed by atoms with Gasteiger partial charge in [0.2, 0.25) is 0 Å². The van der Waals surface area contributed by atoms with Crippen molar-refractivity contribution >= 4 is 23.1 Å². The van der Waals surface area contributed by atoms with E-state index in [1.807, 2.05) is 35.2 Å². The molecular weight excluding hydrogens is 404 g/mol. The first kappa shape index (κ1) is 18.8. The average molecular weight is 426 g/mol. The van der Waals surface area contributed by atoms with Crippen molar-refractivity contribution in [1.29, 1.82) is 0 Å². The maximum atomic E-state index is 13.2. The van der Waals surface area contributed by atoms with E-state index in [-0.39, 0.29) is 11.6 Å². The Morgan fingerprint density at radius 3 is 2.59 bits per heavy atom. The number of benzene rings is 1. The van der Waals surface area contributed by atoms with Crippen LogP contribution in [0.2, 0.25) is 0 Å². The fraction of sp³-hybridized carbons (Fsp3) is 0.250. The van der Waals surface area contributed by atoms with Crippen LogP contribution in [0.1, 0.15) is 33.5 Å². The van der Waals surface area contributed by atoms with Crippen LogP contribution in [-0.4, -0.2) is 36.5 Å². The number of pyridine rings is 2. The summed E-state index contributed by atoms with van der Waals surface area (Å²) in [6, 6.07) is 14.0. The lowest BCUT2D eigenvalue weighted by atomic mass is 10.0.